The zero-order chi connectivity index (χ0) is 11.9. The molecule has 0 aromatic carbocycles. The number of aryl methyl sites for hydroxylation is 2. The van der Waals surface area contributed by atoms with Crippen LogP contribution in [-0.4, -0.2) is 47.8 Å². The molecule has 0 amide bonds. The lowest BCUT2D eigenvalue weighted by Crippen LogP contribution is -2.38. The Morgan fingerprint density at radius 2 is 2.06 bits per heavy atom. The highest BCUT2D eigenvalue weighted by molar-refractivity contribution is 7.88. The minimum atomic E-state index is -3.27. The molecular formula is C9H14N4O2S. The summed E-state index contributed by atoms with van der Waals surface area (Å²) in [5.41, 5.74) is 1.73. The van der Waals surface area contributed by atoms with Crippen molar-refractivity contribution in [1.82, 2.24) is 14.1 Å². The second kappa shape index (κ2) is 3.58. The van der Waals surface area contributed by atoms with Gasteiger partial charge in [0, 0.05) is 5.69 Å². The van der Waals surface area contributed by atoms with Gasteiger partial charge in [-0.3, -0.25) is 0 Å². The van der Waals surface area contributed by atoms with Crippen molar-refractivity contribution >= 4 is 16.0 Å². The maximum absolute atomic E-state index is 11.5. The largest absolute Gasteiger partial charge is 0.248 e. The number of aromatic nitrogens is 2. The highest BCUT2D eigenvalue weighted by Crippen LogP contribution is 2.11. The Morgan fingerprint density at radius 3 is 2.56 bits per heavy atom. The van der Waals surface area contributed by atoms with Crippen molar-refractivity contribution in [3.05, 3.63) is 17.5 Å². The van der Waals surface area contributed by atoms with Crippen molar-refractivity contribution in [2.75, 3.05) is 19.3 Å². The molecule has 16 heavy (non-hydrogen) atoms. The highest BCUT2D eigenvalue weighted by atomic mass is 32.2. The Hall–Kier alpha value is -1.37. The lowest BCUT2D eigenvalue weighted by molar-refractivity contribution is 0.536. The monoisotopic (exact) mass is 242 g/mol. The fourth-order valence-corrected chi connectivity index (χ4v) is 2.58. The molecule has 6 nitrogen and oxygen atoms in total. The van der Waals surface area contributed by atoms with Gasteiger partial charge in [-0.2, -0.15) is 5.10 Å². The van der Waals surface area contributed by atoms with E-state index in [-0.39, 0.29) is 0 Å². The molecule has 0 saturated heterocycles. The van der Waals surface area contributed by atoms with E-state index in [1.54, 1.807) is 4.68 Å². The summed E-state index contributed by atoms with van der Waals surface area (Å²) < 4.78 is 25.9. The van der Waals surface area contributed by atoms with Crippen molar-refractivity contribution in [2.45, 2.75) is 13.8 Å². The molecule has 1 aromatic heterocycles. The van der Waals surface area contributed by atoms with Gasteiger partial charge in [0.05, 0.1) is 25.0 Å². The van der Waals surface area contributed by atoms with Gasteiger partial charge in [-0.15, -0.1) is 0 Å². The van der Waals surface area contributed by atoms with Crippen LogP contribution in [0, 0.1) is 13.8 Å². The molecule has 0 saturated carbocycles. The first-order valence-corrected chi connectivity index (χ1v) is 6.80. The maximum Gasteiger partial charge on any atom is 0.236 e. The summed E-state index contributed by atoms with van der Waals surface area (Å²) in [4.78, 5) is 4.19. The minimum absolute atomic E-state index is 0.395. The van der Waals surface area contributed by atoms with Crippen molar-refractivity contribution in [3.8, 4) is 0 Å². The number of aliphatic imine (C=N–C) groups is 1. The average molecular weight is 242 g/mol. The van der Waals surface area contributed by atoms with Crippen LogP contribution in [0.4, 0.5) is 0 Å². The third kappa shape index (κ3) is 1.82. The lowest BCUT2D eigenvalue weighted by Gasteiger charge is -2.17. The van der Waals surface area contributed by atoms with Gasteiger partial charge in [0.25, 0.3) is 0 Å². The fraction of sp³-hybridized carbons (Fsp3) is 0.556. The predicted octanol–water partition coefficient (Wildman–Crippen LogP) is -0.0208. The quantitative estimate of drug-likeness (QED) is 0.695. The van der Waals surface area contributed by atoms with E-state index in [4.69, 9.17) is 0 Å². The second-order valence-corrected chi connectivity index (χ2v) is 5.76. The van der Waals surface area contributed by atoms with E-state index in [2.05, 4.69) is 10.1 Å². The zero-order valence-electron chi connectivity index (χ0n) is 9.51. The number of rotatable bonds is 1. The number of sulfonamides is 1. The van der Waals surface area contributed by atoms with E-state index in [0.717, 1.165) is 11.4 Å². The first kappa shape index (κ1) is 11.1. The molecule has 0 N–H and O–H groups in total. The van der Waals surface area contributed by atoms with Crippen LogP contribution in [0.2, 0.25) is 0 Å². The SMILES string of the molecule is Cc1cc(C)n(C2=NCCN2S(C)(=O)=O)n1. The molecule has 7 heteroatoms. The van der Waals surface area contributed by atoms with Crippen molar-refractivity contribution in [3.63, 3.8) is 0 Å². The van der Waals surface area contributed by atoms with Crippen LogP contribution in [0.25, 0.3) is 0 Å². The topological polar surface area (TPSA) is 67.6 Å². The van der Waals surface area contributed by atoms with Gasteiger partial charge in [0.2, 0.25) is 16.0 Å². The third-order valence-corrected chi connectivity index (χ3v) is 3.53. The molecule has 0 unspecified atom stereocenters. The standard InChI is InChI=1S/C9H14N4O2S/c1-7-6-8(2)13(11-7)9-10-4-5-12(9)16(3,14)15/h6H,4-5H2,1-3H3. The summed E-state index contributed by atoms with van der Waals surface area (Å²) in [6.45, 7) is 4.62. The third-order valence-electron chi connectivity index (χ3n) is 2.38. The van der Waals surface area contributed by atoms with Gasteiger partial charge in [0.1, 0.15) is 0 Å². The van der Waals surface area contributed by atoms with Crippen LogP contribution >= 0.6 is 0 Å². The van der Waals surface area contributed by atoms with Crippen LogP contribution < -0.4 is 0 Å². The molecular weight excluding hydrogens is 228 g/mol. The van der Waals surface area contributed by atoms with Crippen molar-refractivity contribution in [2.24, 2.45) is 4.99 Å². The van der Waals surface area contributed by atoms with Crippen LogP contribution in [0.1, 0.15) is 11.4 Å². The molecule has 0 radical (unpaired) electrons. The summed E-state index contributed by atoms with van der Waals surface area (Å²) in [7, 11) is -3.27. The molecule has 0 aliphatic carbocycles. The summed E-state index contributed by atoms with van der Waals surface area (Å²) in [5.74, 6) is 0.396. The normalized spacial score (nSPS) is 16.7. The Morgan fingerprint density at radius 1 is 1.38 bits per heavy atom. The average Bonchev–Trinajstić information content (AvgIpc) is 2.69. The minimum Gasteiger partial charge on any atom is -0.248 e. The number of hydrogen-bond acceptors (Lipinski definition) is 4. The van der Waals surface area contributed by atoms with Crippen LogP contribution in [0.5, 0.6) is 0 Å². The summed E-state index contributed by atoms with van der Waals surface area (Å²) >= 11 is 0. The molecule has 2 heterocycles. The van der Waals surface area contributed by atoms with E-state index >= 15 is 0 Å². The lowest BCUT2D eigenvalue weighted by atomic mass is 10.4. The van der Waals surface area contributed by atoms with E-state index in [9.17, 15) is 8.42 Å². The fourth-order valence-electron chi connectivity index (χ4n) is 1.74. The molecule has 1 aliphatic heterocycles. The molecule has 0 bridgehead atoms. The van der Waals surface area contributed by atoms with E-state index in [1.807, 2.05) is 19.9 Å². The highest BCUT2D eigenvalue weighted by Gasteiger charge is 2.27. The van der Waals surface area contributed by atoms with Gasteiger partial charge in [0.15, 0.2) is 0 Å². The molecule has 2 rings (SSSR count). The molecule has 1 aliphatic rings. The Labute approximate surface area is 94.6 Å². The summed E-state index contributed by atoms with van der Waals surface area (Å²) in [5, 5.41) is 4.24. The smallest absolute Gasteiger partial charge is 0.236 e. The molecule has 1 aromatic rings. The maximum atomic E-state index is 11.5. The Balaban J connectivity index is 2.45. The molecule has 0 spiro atoms. The van der Waals surface area contributed by atoms with Gasteiger partial charge in [-0.05, 0) is 19.9 Å². The van der Waals surface area contributed by atoms with E-state index < -0.39 is 10.0 Å². The first-order chi connectivity index (χ1) is 7.39. The Bertz CT molecular complexity index is 544. The van der Waals surface area contributed by atoms with Gasteiger partial charge in [-0.1, -0.05) is 0 Å². The van der Waals surface area contributed by atoms with Crippen LogP contribution in [0.15, 0.2) is 11.1 Å². The van der Waals surface area contributed by atoms with Crippen molar-refractivity contribution in [1.29, 1.82) is 0 Å². The molecule has 0 fully saturated rings. The van der Waals surface area contributed by atoms with E-state index in [1.165, 1.54) is 10.6 Å². The molecule has 0 atom stereocenters. The summed E-state index contributed by atoms with van der Waals surface area (Å²) in [6.07, 6.45) is 1.18. The Kier molecular flexibility index (Phi) is 2.49. The first-order valence-electron chi connectivity index (χ1n) is 4.95. The van der Waals surface area contributed by atoms with Gasteiger partial charge in [-0.25, -0.2) is 22.4 Å². The number of nitrogens with zero attached hydrogens (tertiary/aromatic N) is 4. The molecule has 88 valence electrons. The van der Waals surface area contributed by atoms with Crippen molar-refractivity contribution < 1.29 is 8.42 Å². The summed E-state index contributed by atoms with van der Waals surface area (Å²) in [6, 6.07) is 1.89. The van der Waals surface area contributed by atoms with Gasteiger partial charge >= 0.3 is 0 Å². The number of hydrogen-bond donors (Lipinski definition) is 0. The predicted molar refractivity (Wildman–Crippen MR) is 61.0 cm³/mol. The van der Waals surface area contributed by atoms with Crippen LogP contribution in [0.3, 0.4) is 0 Å². The van der Waals surface area contributed by atoms with Gasteiger partial charge < -0.3 is 0 Å². The van der Waals surface area contributed by atoms with E-state index in [0.29, 0.717) is 19.0 Å². The zero-order valence-corrected chi connectivity index (χ0v) is 10.3. The van der Waals surface area contributed by atoms with Crippen LogP contribution in [-0.2, 0) is 10.0 Å². The second-order valence-electron chi connectivity index (χ2n) is 3.86.